The molecule has 0 bridgehead atoms. The average Bonchev–Trinajstić information content (AvgIpc) is 2.98. The summed E-state index contributed by atoms with van der Waals surface area (Å²) >= 11 is 0. The molecule has 5 heteroatoms. The number of para-hydroxylation sites is 1. The quantitative estimate of drug-likeness (QED) is 0.523. The molecule has 0 saturated carbocycles. The Morgan fingerprint density at radius 2 is 1.88 bits per heavy atom. The Balaban J connectivity index is 2.13. The number of unbranched alkanes of at least 4 members (excludes halogenated alkanes) is 1. The van der Waals surface area contributed by atoms with Crippen LogP contribution in [0.3, 0.4) is 0 Å². The second-order valence-corrected chi connectivity index (χ2v) is 7.46. The third-order valence-electron chi connectivity index (χ3n) is 4.02. The molecule has 4 nitrogen and oxygen atoms in total. The topological polar surface area (TPSA) is 59.2 Å². The zero-order chi connectivity index (χ0) is 17.2. The maximum atomic E-state index is 12.6. The van der Waals surface area contributed by atoms with Gasteiger partial charge in [0.1, 0.15) is 4.90 Å². The lowest BCUT2D eigenvalue weighted by atomic mass is 10.0. The highest BCUT2D eigenvalue weighted by molar-refractivity contribution is 7.87. The molecule has 0 unspecified atom stereocenters. The number of aromatic nitrogens is 1. The minimum absolute atomic E-state index is 0.208. The molecule has 1 aromatic heterocycles. The van der Waals surface area contributed by atoms with Crippen molar-refractivity contribution in [3.8, 4) is 11.1 Å². The van der Waals surface area contributed by atoms with Crippen LogP contribution in [0.5, 0.6) is 0 Å². The van der Waals surface area contributed by atoms with Gasteiger partial charge in [-0.3, -0.25) is 4.18 Å². The highest BCUT2D eigenvalue weighted by Gasteiger charge is 2.22. The average molecular weight is 343 g/mol. The second-order valence-electron chi connectivity index (χ2n) is 5.88. The van der Waals surface area contributed by atoms with E-state index in [4.69, 9.17) is 4.18 Å². The van der Waals surface area contributed by atoms with Crippen molar-refractivity contribution >= 4 is 21.0 Å². The molecule has 0 saturated heterocycles. The first kappa shape index (κ1) is 16.7. The number of H-pyrrole nitrogens is 1. The van der Waals surface area contributed by atoms with E-state index < -0.39 is 10.1 Å². The Morgan fingerprint density at radius 1 is 1.08 bits per heavy atom. The molecule has 0 atom stereocenters. The van der Waals surface area contributed by atoms with Gasteiger partial charge >= 0.3 is 0 Å². The summed E-state index contributed by atoms with van der Waals surface area (Å²) in [5, 5.41) is 0.994. The van der Waals surface area contributed by atoms with Gasteiger partial charge in [-0.05, 0) is 31.5 Å². The molecular formula is C19H21NO3S. The smallest absolute Gasteiger partial charge is 0.297 e. The Labute approximate surface area is 142 Å². The first-order chi connectivity index (χ1) is 11.5. The van der Waals surface area contributed by atoms with Gasteiger partial charge in [-0.1, -0.05) is 43.2 Å². The number of hydrogen-bond donors (Lipinski definition) is 1. The Bertz CT molecular complexity index is 958. The summed E-state index contributed by atoms with van der Waals surface area (Å²) in [4.78, 5) is 3.42. The Hall–Kier alpha value is -2.11. The number of aryl methyl sites for hydroxylation is 1. The van der Waals surface area contributed by atoms with Crippen LogP contribution >= 0.6 is 0 Å². The summed E-state index contributed by atoms with van der Waals surface area (Å²) in [5.74, 6) is 0. The van der Waals surface area contributed by atoms with Gasteiger partial charge in [-0.15, -0.1) is 0 Å². The standard InChI is InChI=1S/C19H21NO3S/c1-3-4-11-23-24(21,22)19-10-9-14(2)12-16(19)17-13-20-18-8-6-5-7-15(17)18/h5-10,12-13,20H,3-4,11H2,1-2H3. The van der Waals surface area contributed by atoms with Gasteiger partial charge in [0, 0.05) is 28.2 Å². The predicted molar refractivity (Wildman–Crippen MR) is 96.5 cm³/mol. The van der Waals surface area contributed by atoms with Gasteiger partial charge < -0.3 is 4.98 Å². The van der Waals surface area contributed by atoms with E-state index in [0.29, 0.717) is 12.0 Å². The van der Waals surface area contributed by atoms with Crippen LogP contribution < -0.4 is 0 Å². The molecule has 0 spiro atoms. The molecule has 3 aromatic rings. The van der Waals surface area contributed by atoms with Crippen molar-refractivity contribution in [3.05, 3.63) is 54.2 Å². The molecule has 1 heterocycles. The first-order valence-corrected chi connectivity index (χ1v) is 9.50. The number of fused-ring (bicyclic) bond motifs is 1. The van der Waals surface area contributed by atoms with Gasteiger partial charge in [0.25, 0.3) is 10.1 Å². The second kappa shape index (κ2) is 6.79. The molecule has 2 aromatic carbocycles. The Kier molecular flexibility index (Phi) is 4.73. The van der Waals surface area contributed by atoms with E-state index in [1.54, 1.807) is 12.1 Å². The van der Waals surface area contributed by atoms with Crippen molar-refractivity contribution in [2.75, 3.05) is 6.61 Å². The summed E-state index contributed by atoms with van der Waals surface area (Å²) in [6.45, 7) is 4.16. The van der Waals surface area contributed by atoms with Crippen molar-refractivity contribution in [2.45, 2.75) is 31.6 Å². The van der Waals surface area contributed by atoms with E-state index in [0.717, 1.165) is 28.5 Å². The van der Waals surface area contributed by atoms with Crippen molar-refractivity contribution in [1.82, 2.24) is 4.98 Å². The molecule has 0 aliphatic carbocycles. The van der Waals surface area contributed by atoms with Gasteiger partial charge in [0.05, 0.1) is 6.61 Å². The van der Waals surface area contributed by atoms with Crippen LogP contribution in [0.15, 0.2) is 53.6 Å². The molecule has 126 valence electrons. The van der Waals surface area contributed by atoms with Gasteiger partial charge in [0.15, 0.2) is 0 Å². The van der Waals surface area contributed by atoms with Crippen LogP contribution in [0.25, 0.3) is 22.0 Å². The highest BCUT2D eigenvalue weighted by atomic mass is 32.2. The largest absolute Gasteiger partial charge is 0.361 e. The van der Waals surface area contributed by atoms with E-state index in [1.165, 1.54) is 0 Å². The highest BCUT2D eigenvalue weighted by Crippen LogP contribution is 2.34. The van der Waals surface area contributed by atoms with Crippen LogP contribution in [-0.2, 0) is 14.3 Å². The fourth-order valence-electron chi connectivity index (χ4n) is 2.74. The normalized spacial score (nSPS) is 11.9. The number of benzene rings is 2. The van der Waals surface area contributed by atoms with E-state index >= 15 is 0 Å². The number of nitrogens with one attached hydrogen (secondary N) is 1. The number of hydrogen-bond acceptors (Lipinski definition) is 3. The summed E-state index contributed by atoms with van der Waals surface area (Å²) in [6, 6.07) is 13.2. The van der Waals surface area contributed by atoms with Crippen LogP contribution in [0.2, 0.25) is 0 Å². The van der Waals surface area contributed by atoms with Crippen molar-refractivity contribution in [1.29, 1.82) is 0 Å². The lowest BCUT2D eigenvalue weighted by Gasteiger charge is -2.11. The zero-order valence-corrected chi connectivity index (χ0v) is 14.7. The van der Waals surface area contributed by atoms with E-state index in [2.05, 4.69) is 4.98 Å². The zero-order valence-electron chi connectivity index (χ0n) is 13.9. The van der Waals surface area contributed by atoms with E-state index in [1.807, 2.05) is 50.4 Å². The van der Waals surface area contributed by atoms with Crippen LogP contribution in [-0.4, -0.2) is 20.0 Å². The molecule has 0 fully saturated rings. The SMILES string of the molecule is CCCCOS(=O)(=O)c1ccc(C)cc1-c1c[nH]c2ccccc12. The third-order valence-corrected chi connectivity index (χ3v) is 5.39. The fraction of sp³-hybridized carbons (Fsp3) is 0.263. The lowest BCUT2D eigenvalue weighted by Crippen LogP contribution is -2.09. The lowest BCUT2D eigenvalue weighted by molar-refractivity contribution is 0.311. The molecule has 3 rings (SSSR count). The molecule has 0 aliphatic rings. The predicted octanol–water partition coefficient (Wildman–Crippen LogP) is 4.65. The molecular weight excluding hydrogens is 322 g/mol. The minimum atomic E-state index is -3.79. The summed E-state index contributed by atoms with van der Waals surface area (Å²) < 4.78 is 30.5. The van der Waals surface area contributed by atoms with Gasteiger partial charge in [-0.25, -0.2) is 0 Å². The number of aromatic amines is 1. The first-order valence-electron chi connectivity index (χ1n) is 8.09. The van der Waals surface area contributed by atoms with Gasteiger partial charge in [-0.2, -0.15) is 8.42 Å². The molecule has 0 aliphatic heterocycles. The van der Waals surface area contributed by atoms with E-state index in [-0.39, 0.29) is 11.5 Å². The Morgan fingerprint density at radius 3 is 2.67 bits per heavy atom. The maximum absolute atomic E-state index is 12.6. The molecule has 0 radical (unpaired) electrons. The van der Waals surface area contributed by atoms with Crippen LogP contribution in [0, 0.1) is 6.92 Å². The minimum Gasteiger partial charge on any atom is -0.361 e. The fourth-order valence-corrected chi connectivity index (χ4v) is 3.88. The summed E-state index contributed by atoms with van der Waals surface area (Å²) in [7, 11) is -3.79. The molecule has 24 heavy (non-hydrogen) atoms. The summed E-state index contributed by atoms with van der Waals surface area (Å²) in [5.41, 5.74) is 3.52. The van der Waals surface area contributed by atoms with Crippen LogP contribution in [0.1, 0.15) is 25.3 Å². The van der Waals surface area contributed by atoms with Gasteiger partial charge in [0.2, 0.25) is 0 Å². The van der Waals surface area contributed by atoms with Crippen molar-refractivity contribution in [3.63, 3.8) is 0 Å². The van der Waals surface area contributed by atoms with Crippen LogP contribution in [0.4, 0.5) is 0 Å². The summed E-state index contributed by atoms with van der Waals surface area (Å²) in [6.07, 6.45) is 3.46. The van der Waals surface area contributed by atoms with Crippen molar-refractivity contribution < 1.29 is 12.6 Å². The van der Waals surface area contributed by atoms with E-state index in [9.17, 15) is 8.42 Å². The monoisotopic (exact) mass is 343 g/mol. The maximum Gasteiger partial charge on any atom is 0.297 e. The molecule has 1 N–H and O–H groups in total. The molecule has 0 amide bonds. The third kappa shape index (κ3) is 3.23. The van der Waals surface area contributed by atoms with Crippen molar-refractivity contribution in [2.24, 2.45) is 0 Å². The number of rotatable bonds is 6.